The first-order chi connectivity index (χ1) is 13.0. The minimum Gasteiger partial charge on any atom is -0.448 e. The Bertz CT molecular complexity index is 797. The summed E-state index contributed by atoms with van der Waals surface area (Å²) >= 11 is 5.85. The summed E-state index contributed by atoms with van der Waals surface area (Å²) in [7, 11) is 0. The van der Waals surface area contributed by atoms with E-state index in [4.69, 9.17) is 16.3 Å². The van der Waals surface area contributed by atoms with E-state index in [1.165, 1.54) is 29.8 Å². The molecule has 0 aliphatic rings. The number of ether oxygens (including phenoxy) is 1. The third kappa shape index (κ3) is 7.92. The zero-order chi connectivity index (χ0) is 19.5. The summed E-state index contributed by atoms with van der Waals surface area (Å²) in [6, 6.07) is 13.9. The highest BCUT2D eigenvalue weighted by Gasteiger charge is 2.04. The Kier molecular flexibility index (Phi) is 8.32. The molecule has 0 aliphatic carbocycles. The van der Waals surface area contributed by atoms with Gasteiger partial charge >= 0.3 is 6.09 Å². The van der Waals surface area contributed by atoms with Gasteiger partial charge in [0.2, 0.25) is 0 Å². The molecule has 0 spiro atoms. The number of carbonyl (C=O) groups excluding carboxylic acids is 2. The first kappa shape index (κ1) is 20.5. The second-order valence-corrected chi connectivity index (χ2v) is 6.10. The first-order valence-electron chi connectivity index (χ1n) is 8.44. The number of hydrazine groups is 1. The molecule has 7 heteroatoms. The van der Waals surface area contributed by atoms with Crippen LogP contribution in [0.2, 0.25) is 5.02 Å². The number of halogens is 2. The number of nitrogens with one attached hydrogen (secondary N) is 2. The van der Waals surface area contributed by atoms with Crippen molar-refractivity contribution in [2.45, 2.75) is 19.3 Å². The topological polar surface area (TPSA) is 67.4 Å². The van der Waals surface area contributed by atoms with Crippen molar-refractivity contribution in [3.8, 4) is 0 Å². The maximum absolute atomic E-state index is 12.9. The molecule has 0 aliphatic heterocycles. The van der Waals surface area contributed by atoms with E-state index in [0.717, 1.165) is 25.3 Å². The van der Waals surface area contributed by atoms with E-state index in [0.29, 0.717) is 5.56 Å². The zero-order valence-electron chi connectivity index (χ0n) is 14.6. The summed E-state index contributed by atoms with van der Waals surface area (Å²) in [5.74, 6) is -1.04. The van der Waals surface area contributed by atoms with Crippen LogP contribution in [0.5, 0.6) is 0 Å². The normalized spacial score (nSPS) is 10.6. The number of hydrogen-bond acceptors (Lipinski definition) is 3. The van der Waals surface area contributed by atoms with E-state index >= 15 is 0 Å². The van der Waals surface area contributed by atoms with Crippen molar-refractivity contribution in [2.24, 2.45) is 0 Å². The van der Waals surface area contributed by atoms with Crippen LogP contribution in [0.4, 0.5) is 9.18 Å². The summed E-state index contributed by atoms with van der Waals surface area (Å²) in [6.45, 7) is 0.259. The molecule has 0 unspecified atom stereocenters. The number of aryl methyl sites for hydroxylation is 1. The van der Waals surface area contributed by atoms with Gasteiger partial charge < -0.3 is 4.74 Å². The second-order valence-electron chi connectivity index (χ2n) is 5.69. The molecule has 0 radical (unpaired) electrons. The molecule has 27 heavy (non-hydrogen) atoms. The quantitative estimate of drug-likeness (QED) is 0.421. The molecule has 0 bridgehead atoms. The monoisotopic (exact) mass is 390 g/mol. The van der Waals surface area contributed by atoms with Gasteiger partial charge in [-0.25, -0.2) is 14.6 Å². The minimum atomic E-state index is -0.740. The van der Waals surface area contributed by atoms with Crippen LogP contribution in [-0.2, 0) is 16.0 Å². The molecule has 0 aromatic heterocycles. The van der Waals surface area contributed by atoms with Gasteiger partial charge in [-0.3, -0.25) is 10.2 Å². The fourth-order valence-electron chi connectivity index (χ4n) is 2.23. The van der Waals surface area contributed by atoms with Crippen molar-refractivity contribution < 1.29 is 18.7 Å². The van der Waals surface area contributed by atoms with Crippen LogP contribution in [0.1, 0.15) is 24.0 Å². The average Bonchev–Trinajstić information content (AvgIpc) is 2.66. The van der Waals surface area contributed by atoms with Crippen molar-refractivity contribution in [1.82, 2.24) is 10.9 Å². The van der Waals surface area contributed by atoms with E-state index in [9.17, 15) is 14.0 Å². The van der Waals surface area contributed by atoms with Crippen molar-refractivity contribution in [3.05, 3.63) is 76.6 Å². The second kappa shape index (κ2) is 11.0. The summed E-state index contributed by atoms with van der Waals surface area (Å²) in [5, 5.41) is 0.182. The Morgan fingerprint density at radius 1 is 1.07 bits per heavy atom. The molecule has 2 amide bonds. The average molecular weight is 391 g/mol. The molecule has 0 atom stereocenters. The SMILES string of the molecule is O=C(C=Cc1ccc(F)cc1Cl)NNC(=O)OCCCCc1ccccc1. The van der Waals surface area contributed by atoms with Gasteiger partial charge in [0.05, 0.1) is 11.6 Å². The van der Waals surface area contributed by atoms with Gasteiger partial charge in [-0.1, -0.05) is 48.0 Å². The van der Waals surface area contributed by atoms with Crippen LogP contribution < -0.4 is 10.9 Å². The maximum atomic E-state index is 12.9. The largest absolute Gasteiger partial charge is 0.448 e. The molecule has 2 aromatic carbocycles. The summed E-state index contributed by atoms with van der Waals surface area (Å²) < 4.78 is 17.9. The number of rotatable bonds is 7. The van der Waals surface area contributed by atoms with E-state index in [1.807, 2.05) is 18.2 Å². The molecule has 2 rings (SSSR count). The van der Waals surface area contributed by atoms with Crippen molar-refractivity contribution in [3.63, 3.8) is 0 Å². The number of hydrogen-bond donors (Lipinski definition) is 2. The Morgan fingerprint density at radius 2 is 1.85 bits per heavy atom. The van der Waals surface area contributed by atoms with Gasteiger partial charge in [0.15, 0.2) is 0 Å². The van der Waals surface area contributed by atoms with Crippen LogP contribution >= 0.6 is 11.6 Å². The van der Waals surface area contributed by atoms with Gasteiger partial charge in [0.25, 0.3) is 5.91 Å². The molecule has 5 nitrogen and oxygen atoms in total. The molecule has 0 saturated carbocycles. The predicted octanol–water partition coefficient (Wildman–Crippen LogP) is 4.27. The lowest BCUT2D eigenvalue weighted by molar-refractivity contribution is -0.117. The van der Waals surface area contributed by atoms with Crippen molar-refractivity contribution in [2.75, 3.05) is 6.61 Å². The number of carbonyl (C=O) groups is 2. The van der Waals surface area contributed by atoms with Gasteiger partial charge in [0.1, 0.15) is 5.82 Å². The molecular formula is C20H20ClFN2O3. The van der Waals surface area contributed by atoms with Crippen LogP contribution in [0.25, 0.3) is 6.08 Å². The van der Waals surface area contributed by atoms with Crippen LogP contribution in [-0.4, -0.2) is 18.6 Å². The highest BCUT2D eigenvalue weighted by atomic mass is 35.5. The Morgan fingerprint density at radius 3 is 2.59 bits per heavy atom. The first-order valence-corrected chi connectivity index (χ1v) is 8.82. The van der Waals surface area contributed by atoms with Gasteiger partial charge in [0, 0.05) is 6.08 Å². The number of amides is 2. The number of unbranched alkanes of at least 4 members (excludes halogenated alkanes) is 1. The van der Waals surface area contributed by atoms with E-state index in [2.05, 4.69) is 23.0 Å². The molecule has 2 aromatic rings. The summed E-state index contributed by atoms with van der Waals surface area (Å²) in [6.07, 6.45) is 4.37. The highest BCUT2D eigenvalue weighted by Crippen LogP contribution is 2.18. The lowest BCUT2D eigenvalue weighted by atomic mass is 10.1. The fourth-order valence-corrected chi connectivity index (χ4v) is 2.46. The summed E-state index contributed by atoms with van der Waals surface area (Å²) in [4.78, 5) is 23.2. The van der Waals surface area contributed by atoms with Gasteiger partial charge in [-0.05, 0) is 48.6 Å². The maximum Gasteiger partial charge on any atom is 0.426 e. The third-order valence-corrected chi connectivity index (χ3v) is 3.93. The molecule has 2 N–H and O–H groups in total. The van der Waals surface area contributed by atoms with Crippen molar-refractivity contribution >= 4 is 29.7 Å². The molecule has 0 saturated heterocycles. The molecular weight excluding hydrogens is 371 g/mol. The number of benzene rings is 2. The molecule has 0 fully saturated rings. The third-order valence-electron chi connectivity index (χ3n) is 3.60. The van der Waals surface area contributed by atoms with E-state index in [1.54, 1.807) is 0 Å². The standard InChI is InChI=1S/C20H20ClFN2O3/c21-18-14-17(22)11-9-16(18)10-12-19(25)23-24-20(26)27-13-5-4-8-15-6-2-1-3-7-15/h1-3,6-7,9-12,14H,4-5,8,13H2,(H,23,25)(H,24,26). The van der Waals surface area contributed by atoms with Gasteiger partial charge in [-0.15, -0.1) is 0 Å². The summed E-state index contributed by atoms with van der Waals surface area (Å²) in [5.41, 5.74) is 6.05. The van der Waals surface area contributed by atoms with E-state index in [-0.39, 0.29) is 11.6 Å². The lowest BCUT2D eigenvalue weighted by Gasteiger charge is -2.07. The predicted molar refractivity (Wildman–Crippen MR) is 102 cm³/mol. The van der Waals surface area contributed by atoms with E-state index < -0.39 is 17.8 Å². The smallest absolute Gasteiger partial charge is 0.426 e. The van der Waals surface area contributed by atoms with Crippen LogP contribution in [0.3, 0.4) is 0 Å². The van der Waals surface area contributed by atoms with Crippen LogP contribution in [0, 0.1) is 5.82 Å². The van der Waals surface area contributed by atoms with Crippen LogP contribution in [0.15, 0.2) is 54.6 Å². The lowest BCUT2D eigenvalue weighted by Crippen LogP contribution is -2.41. The highest BCUT2D eigenvalue weighted by molar-refractivity contribution is 6.32. The van der Waals surface area contributed by atoms with Crippen molar-refractivity contribution in [1.29, 1.82) is 0 Å². The Balaban J connectivity index is 1.60. The molecule has 142 valence electrons. The minimum absolute atomic E-state index is 0.182. The Labute approximate surface area is 162 Å². The fraction of sp³-hybridized carbons (Fsp3) is 0.200. The molecule has 0 heterocycles. The van der Waals surface area contributed by atoms with Gasteiger partial charge in [-0.2, -0.15) is 0 Å². The zero-order valence-corrected chi connectivity index (χ0v) is 15.3. The Hall–Kier alpha value is -2.86.